The molecular weight excluding hydrogens is 452 g/mol. The number of benzene rings is 3. The molecule has 0 aliphatic carbocycles. The molecule has 1 heterocycles. The quantitative estimate of drug-likeness (QED) is 0.408. The van der Waals surface area contributed by atoms with Crippen molar-refractivity contribution in [2.45, 2.75) is 31.9 Å². The molecule has 3 aromatic carbocycles. The van der Waals surface area contributed by atoms with E-state index in [0.29, 0.717) is 25.3 Å². The van der Waals surface area contributed by atoms with Crippen molar-refractivity contribution in [3.63, 3.8) is 0 Å². The summed E-state index contributed by atoms with van der Waals surface area (Å²) in [6.45, 7) is 2.88. The Morgan fingerprint density at radius 2 is 1.81 bits per heavy atom. The number of amides is 2. The van der Waals surface area contributed by atoms with Crippen LogP contribution >= 0.6 is 0 Å². The van der Waals surface area contributed by atoms with Crippen molar-refractivity contribution in [1.29, 1.82) is 5.26 Å². The van der Waals surface area contributed by atoms with Crippen LogP contribution in [0.15, 0.2) is 72.8 Å². The fraction of sp³-hybridized carbons (Fsp3) is 0.310. The van der Waals surface area contributed by atoms with E-state index in [9.17, 15) is 4.79 Å². The van der Waals surface area contributed by atoms with Gasteiger partial charge >= 0.3 is 6.03 Å². The summed E-state index contributed by atoms with van der Waals surface area (Å²) in [6.07, 6.45) is 2.71. The summed E-state index contributed by atoms with van der Waals surface area (Å²) in [5, 5.41) is 14.8. The van der Waals surface area contributed by atoms with Gasteiger partial charge < -0.3 is 20.1 Å². The number of likely N-dealkylation sites (tertiary alicyclic amines) is 1. The first-order valence-corrected chi connectivity index (χ1v) is 12.3. The Bertz CT molecular complexity index is 1180. The summed E-state index contributed by atoms with van der Waals surface area (Å²) >= 11 is 0. The molecule has 0 aromatic heterocycles. The van der Waals surface area contributed by atoms with Crippen molar-refractivity contribution in [2.24, 2.45) is 0 Å². The van der Waals surface area contributed by atoms with Crippen molar-refractivity contribution < 1.29 is 14.3 Å². The van der Waals surface area contributed by atoms with E-state index in [4.69, 9.17) is 14.7 Å². The maximum Gasteiger partial charge on any atom is 0.319 e. The molecule has 1 atom stereocenters. The second-order valence-electron chi connectivity index (χ2n) is 8.80. The maximum atomic E-state index is 12.8. The van der Waals surface area contributed by atoms with Crippen molar-refractivity contribution in [3.05, 3.63) is 89.5 Å². The van der Waals surface area contributed by atoms with Gasteiger partial charge in [-0.15, -0.1) is 0 Å². The Labute approximate surface area is 212 Å². The first-order valence-electron chi connectivity index (χ1n) is 12.3. The minimum Gasteiger partial charge on any atom is -0.496 e. The number of methoxy groups -OCH3 is 1. The molecule has 7 heteroatoms. The van der Waals surface area contributed by atoms with Crippen molar-refractivity contribution in [1.82, 2.24) is 10.2 Å². The molecule has 3 aromatic rings. The average molecular weight is 485 g/mol. The van der Waals surface area contributed by atoms with Gasteiger partial charge in [-0.25, -0.2) is 4.79 Å². The van der Waals surface area contributed by atoms with E-state index >= 15 is 0 Å². The van der Waals surface area contributed by atoms with E-state index in [0.717, 1.165) is 54.1 Å². The summed E-state index contributed by atoms with van der Waals surface area (Å²) in [6, 6.07) is 25.1. The maximum absolute atomic E-state index is 12.8. The van der Waals surface area contributed by atoms with Crippen LogP contribution in [0.1, 0.15) is 35.6 Å². The smallest absolute Gasteiger partial charge is 0.319 e. The molecule has 7 nitrogen and oxygen atoms in total. The van der Waals surface area contributed by atoms with Gasteiger partial charge in [-0.3, -0.25) is 4.90 Å². The van der Waals surface area contributed by atoms with Gasteiger partial charge in [0.15, 0.2) is 0 Å². The average Bonchev–Trinajstić information content (AvgIpc) is 3.44. The fourth-order valence-corrected chi connectivity index (χ4v) is 4.50. The molecule has 186 valence electrons. The highest BCUT2D eigenvalue weighted by Gasteiger charge is 2.26. The van der Waals surface area contributed by atoms with Gasteiger partial charge in [-0.2, -0.15) is 5.26 Å². The third-order valence-electron chi connectivity index (χ3n) is 6.33. The number of para-hydroxylation sites is 1. The lowest BCUT2D eigenvalue weighted by Crippen LogP contribution is -2.38. The van der Waals surface area contributed by atoms with Crippen LogP contribution in [0.3, 0.4) is 0 Å². The van der Waals surface area contributed by atoms with Gasteiger partial charge in [0.2, 0.25) is 0 Å². The van der Waals surface area contributed by atoms with Gasteiger partial charge in [0.05, 0.1) is 25.6 Å². The van der Waals surface area contributed by atoms with Crippen molar-refractivity contribution in [2.75, 3.05) is 32.1 Å². The van der Waals surface area contributed by atoms with Crippen LogP contribution in [0.4, 0.5) is 10.5 Å². The van der Waals surface area contributed by atoms with Crippen LogP contribution in [0.5, 0.6) is 11.5 Å². The monoisotopic (exact) mass is 484 g/mol. The zero-order valence-corrected chi connectivity index (χ0v) is 20.6. The van der Waals surface area contributed by atoms with Gasteiger partial charge in [0, 0.05) is 17.8 Å². The molecule has 0 saturated carbocycles. The molecule has 1 fully saturated rings. The zero-order valence-electron chi connectivity index (χ0n) is 20.6. The van der Waals surface area contributed by atoms with Crippen LogP contribution in [-0.4, -0.2) is 37.7 Å². The Kier molecular flexibility index (Phi) is 8.79. The van der Waals surface area contributed by atoms with E-state index in [-0.39, 0.29) is 12.1 Å². The molecule has 4 rings (SSSR count). The SMILES string of the molecule is COc1ccccc1C(CNC(=O)Nc1cccc(COc2ccc(CC#N)cc2)c1)N1CCCC1. The molecule has 36 heavy (non-hydrogen) atoms. The second kappa shape index (κ2) is 12.6. The standard InChI is InChI=1S/C29H32N4O3/c1-35-28-10-3-2-9-26(28)27(33-17-4-5-18-33)20-31-29(34)32-24-8-6-7-23(19-24)21-36-25-13-11-22(12-14-25)15-16-30/h2-3,6-14,19,27H,4-5,15,17-18,20-21H2,1H3,(H2,31,32,34). The molecule has 1 aliphatic rings. The first-order chi connectivity index (χ1) is 17.7. The number of ether oxygens (including phenoxy) is 2. The zero-order chi connectivity index (χ0) is 25.2. The van der Waals surface area contributed by atoms with Crippen molar-refractivity contribution >= 4 is 11.7 Å². The molecule has 2 amide bonds. The summed E-state index contributed by atoms with van der Waals surface area (Å²) in [5.41, 5.74) is 3.69. The normalized spacial score (nSPS) is 14.0. The number of carbonyl (C=O) groups excluding carboxylic acids is 1. The Hall–Kier alpha value is -4.02. The predicted molar refractivity (Wildman–Crippen MR) is 140 cm³/mol. The number of carbonyl (C=O) groups is 1. The minimum absolute atomic E-state index is 0.0497. The Morgan fingerprint density at radius 3 is 2.56 bits per heavy atom. The molecule has 2 N–H and O–H groups in total. The number of anilines is 1. The highest BCUT2D eigenvalue weighted by atomic mass is 16.5. The van der Waals surface area contributed by atoms with E-state index in [1.165, 1.54) is 0 Å². The molecule has 1 aliphatic heterocycles. The van der Waals surface area contributed by atoms with Gasteiger partial charge in [-0.1, -0.05) is 42.5 Å². The van der Waals surface area contributed by atoms with E-state index in [1.54, 1.807) is 7.11 Å². The number of rotatable bonds is 10. The van der Waals surface area contributed by atoms with Crippen molar-refractivity contribution in [3.8, 4) is 17.6 Å². The highest BCUT2D eigenvalue weighted by molar-refractivity contribution is 5.89. The van der Waals surface area contributed by atoms with Crippen LogP contribution < -0.4 is 20.1 Å². The lowest BCUT2D eigenvalue weighted by atomic mass is 10.0. The van der Waals surface area contributed by atoms with Crippen LogP contribution in [-0.2, 0) is 13.0 Å². The summed E-state index contributed by atoms with van der Waals surface area (Å²) in [7, 11) is 1.68. The number of nitrogens with zero attached hydrogens (tertiary/aromatic N) is 2. The van der Waals surface area contributed by atoms with E-state index < -0.39 is 0 Å². The number of hydrogen-bond donors (Lipinski definition) is 2. The number of nitrogens with one attached hydrogen (secondary N) is 2. The fourth-order valence-electron chi connectivity index (χ4n) is 4.50. The van der Waals surface area contributed by atoms with Crippen LogP contribution in [0.2, 0.25) is 0 Å². The van der Waals surface area contributed by atoms with Crippen LogP contribution in [0.25, 0.3) is 0 Å². The summed E-state index contributed by atoms with van der Waals surface area (Å²) in [5.74, 6) is 1.57. The largest absolute Gasteiger partial charge is 0.496 e. The molecule has 1 saturated heterocycles. The molecular formula is C29H32N4O3. The van der Waals surface area contributed by atoms with Gasteiger partial charge in [0.25, 0.3) is 0 Å². The highest BCUT2D eigenvalue weighted by Crippen LogP contribution is 2.31. The Balaban J connectivity index is 1.33. The van der Waals surface area contributed by atoms with E-state index in [1.807, 2.05) is 66.7 Å². The first kappa shape index (κ1) is 25.1. The molecule has 0 bridgehead atoms. The number of nitriles is 1. The third kappa shape index (κ3) is 6.77. The summed E-state index contributed by atoms with van der Waals surface area (Å²) in [4.78, 5) is 15.2. The van der Waals surface area contributed by atoms with Gasteiger partial charge in [-0.05, 0) is 67.4 Å². The number of urea groups is 1. The lowest BCUT2D eigenvalue weighted by Gasteiger charge is -2.29. The lowest BCUT2D eigenvalue weighted by molar-refractivity contribution is 0.224. The van der Waals surface area contributed by atoms with Crippen LogP contribution in [0, 0.1) is 11.3 Å². The molecule has 1 unspecified atom stereocenters. The summed E-state index contributed by atoms with van der Waals surface area (Å²) < 4.78 is 11.5. The van der Waals surface area contributed by atoms with E-state index in [2.05, 4.69) is 27.7 Å². The Morgan fingerprint density at radius 1 is 1.03 bits per heavy atom. The molecule has 0 radical (unpaired) electrons. The van der Waals surface area contributed by atoms with Gasteiger partial charge in [0.1, 0.15) is 18.1 Å². The second-order valence-corrected chi connectivity index (χ2v) is 8.80. The third-order valence-corrected chi connectivity index (χ3v) is 6.33. The molecule has 0 spiro atoms. The minimum atomic E-state index is -0.250. The topological polar surface area (TPSA) is 86.6 Å². The predicted octanol–water partition coefficient (Wildman–Crippen LogP) is 5.30. The number of hydrogen-bond acceptors (Lipinski definition) is 5.